The second-order valence-electron chi connectivity index (χ2n) is 5.68. The smallest absolute Gasteiger partial charge is 0.229 e. The largest absolute Gasteiger partial charge is 0.497 e. The number of methoxy groups -OCH3 is 1. The van der Waals surface area contributed by atoms with Gasteiger partial charge in [-0.3, -0.25) is 9.55 Å². The predicted octanol–water partition coefficient (Wildman–Crippen LogP) is 3.88. The third kappa shape index (κ3) is 2.89. The van der Waals surface area contributed by atoms with Crippen LogP contribution in [0.25, 0.3) is 16.7 Å². The van der Waals surface area contributed by atoms with Gasteiger partial charge in [0.2, 0.25) is 5.95 Å². The summed E-state index contributed by atoms with van der Waals surface area (Å²) in [5, 5.41) is 4.25. The maximum atomic E-state index is 5.29. The van der Waals surface area contributed by atoms with Gasteiger partial charge in [0.15, 0.2) is 0 Å². The van der Waals surface area contributed by atoms with Gasteiger partial charge in [0, 0.05) is 35.7 Å². The lowest BCUT2D eigenvalue weighted by atomic mass is 10.2. The van der Waals surface area contributed by atoms with E-state index in [4.69, 9.17) is 4.74 Å². The fourth-order valence-electron chi connectivity index (χ4n) is 2.67. The number of pyridine rings is 1. The number of nitrogens with zero attached hydrogens (tertiary/aromatic N) is 4. The van der Waals surface area contributed by atoms with E-state index in [1.165, 1.54) is 0 Å². The fourth-order valence-corrected chi connectivity index (χ4v) is 2.67. The zero-order valence-corrected chi connectivity index (χ0v) is 14.0. The van der Waals surface area contributed by atoms with Crippen LogP contribution >= 0.6 is 0 Å². The standard InChI is InChI=1S/C19H17N5O/c1-13-5-6-16(25-2)10-17(13)22-19-21-11-14-7-9-24(18(14)23-19)15-4-3-8-20-12-15/h3-12H,1-2H3,(H,21,22,23). The second-order valence-corrected chi connectivity index (χ2v) is 5.68. The molecule has 0 aliphatic rings. The van der Waals surface area contributed by atoms with Crippen molar-refractivity contribution in [2.45, 2.75) is 6.92 Å². The van der Waals surface area contributed by atoms with E-state index in [-0.39, 0.29) is 0 Å². The summed E-state index contributed by atoms with van der Waals surface area (Å²) in [6, 6.07) is 11.7. The molecule has 0 unspecified atom stereocenters. The Morgan fingerprint density at radius 2 is 2.04 bits per heavy atom. The lowest BCUT2D eigenvalue weighted by Gasteiger charge is -2.10. The summed E-state index contributed by atoms with van der Waals surface area (Å²) in [5.74, 6) is 1.32. The molecule has 0 aliphatic heterocycles. The number of aromatic nitrogens is 4. The highest BCUT2D eigenvalue weighted by molar-refractivity contribution is 5.79. The molecule has 1 aromatic carbocycles. The molecule has 1 N–H and O–H groups in total. The first-order valence-electron chi connectivity index (χ1n) is 7.91. The molecule has 25 heavy (non-hydrogen) atoms. The zero-order valence-electron chi connectivity index (χ0n) is 14.0. The molecule has 4 aromatic rings. The molecule has 0 aliphatic carbocycles. The normalized spacial score (nSPS) is 10.8. The highest BCUT2D eigenvalue weighted by Crippen LogP contribution is 2.25. The lowest BCUT2D eigenvalue weighted by Crippen LogP contribution is -2.01. The molecule has 0 radical (unpaired) electrons. The minimum atomic E-state index is 0.535. The van der Waals surface area contributed by atoms with Crippen molar-refractivity contribution < 1.29 is 4.74 Å². The molecular weight excluding hydrogens is 314 g/mol. The van der Waals surface area contributed by atoms with Crippen molar-refractivity contribution in [2.24, 2.45) is 0 Å². The van der Waals surface area contributed by atoms with Crippen LogP contribution in [0.3, 0.4) is 0 Å². The van der Waals surface area contributed by atoms with E-state index >= 15 is 0 Å². The Kier molecular flexibility index (Phi) is 3.78. The van der Waals surface area contributed by atoms with Crippen LogP contribution in [0.1, 0.15) is 5.56 Å². The van der Waals surface area contributed by atoms with Gasteiger partial charge in [0.25, 0.3) is 0 Å². The molecule has 0 saturated heterocycles. The fraction of sp³-hybridized carbons (Fsp3) is 0.105. The molecule has 124 valence electrons. The first-order valence-corrected chi connectivity index (χ1v) is 7.91. The van der Waals surface area contributed by atoms with Gasteiger partial charge in [0.1, 0.15) is 11.4 Å². The Hall–Kier alpha value is -3.41. The van der Waals surface area contributed by atoms with Crippen LogP contribution < -0.4 is 10.1 Å². The number of ether oxygens (including phenoxy) is 1. The van der Waals surface area contributed by atoms with Crippen LogP contribution in [0.4, 0.5) is 11.6 Å². The molecule has 6 nitrogen and oxygen atoms in total. The molecule has 3 heterocycles. The SMILES string of the molecule is COc1ccc(C)c(Nc2ncc3ccn(-c4cccnc4)c3n2)c1. The molecule has 0 bridgehead atoms. The van der Waals surface area contributed by atoms with Crippen LogP contribution in [0.15, 0.2) is 61.2 Å². The Morgan fingerprint density at radius 1 is 1.12 bits per heavy atom. The average molecular weight is 331 g/mol. The Balaban J connectivity index is 1.74. The number of anilines is 2. The Morgan fingerprint density at radius 3 is 2.84 bits per heavy atom. The van der Waals surface area contributed by atoms with Gasteiger partial charge in [-0.15, -0.1) is 0 Å². The number of nitrogens with one attached hydrogen (secondary N) is 1. The van der Waals surface area contributed by atoms with Crippen LogP contribution in [0, 0.1) is 6.92 Å². The van der Waals surface area contributed by atoms with E-state index in [9.17, 15) is 0 Å². The van der Waals surface area contributed by atoms with E-state index < -0.39 is 0 Å². The molecule has 0 atom stereocenters. The third-order valence-electron chi connectivity index (χ3n) is 4.04. The van der Waals surface area contributed by atoms with Gasteiger partial charge in [-0.25, -0.2) is 4.98 Å². The van der Waals surface area contributed by atoms with Gasteiger partial charge in [-0.2, -0.15) is 4.98 Å². The van der Waals surface area contributed by atoms with E-state index in [0.29, 0.717) is 5.95 Å². The van der Waals surface area contributed by atoms with Crippen molar-refractivity contribution in [3.8, 4) is 11.4 Å². The molecule has 0 fully saturated rings. The van der Waals surface area contributed by atoms with Crippen molar-refractivity contribution in [2.75, 3.05) is 12.4 Å². The number of hydrogen-bond acceptors (Lipinski definition) is 5. The topological polar surface area (TPSA) is 64.9 Å². The van der Waals surface area contributed by atoms with Crippen molar-refractivity contribution in [3.63, 3.8) is 0 Å². The molecule has 4 rings (SSSR count). The highest BCUT2D eigenvalue weighted by atomic mass is 16.5. The summed E-state index contributed by atoms with van der Waals surface area (Å²) in [6.45, 7) is 2.03. The summed E-state index contributed by atoms with van der Waals surface area (Å²) in [7, 11) is 1.65. The average Bonchev–Trinajstić information content (AvgIpc) is 3.07. The third-order valence-corrected chi connectivity index (χ3v) is 4.04. The molecule has 0 spiro atoms. The summed E-state index contributed by atoms with van der Waals surface area (Å²) in [4.78, 5) is 13.3. The van der Waals surface area contributed by atoms with Crippen LogP contribution in [-0.4, -0.2) is 26.6 Å². The van der Waals surface area contributed by atoms with Crippen molar-refractivity contribution in [3.05, 3.63) is 66.7 Å². The quantitative estimate of drug-likeness (QED) is 0.615. The maximum absolute atomic E-state index is 5.29. The zero-order chi connectivity index (χ0) is 17.2. The van der Waals surface area contributed by atoms with Gasteiger partial charge in [-0.1, -0.05) is 6.07 Å². The van der Waals surface area contributed by atoms with Crippen molar-refractivity contribution >= 4 is 22.7 Å². The van der Waals surface area contributed by atoms with E-state index in [2.05, 4.69) is 20.3 Å². The van der Waals surface area contributed by atoms with Crippen molar-refractivity contribution in [1.29, 1.82) is 0 Å². The maximum Gasteiger partial charge on any atom is 0.229 e. The molecule has 0 amide bonds. The molecule has 6 heteroatoms. The molecular formula is C19H17N5O. The monoisotopic (exact) mass is 331 g/mol. The summed E-state index contributed by atoms with van der Waals surface area (Å²) < 4.78 is 7.28. The minimum absolute atomic E-state index is 0.535. The lowest BCUT2D eigenvalue weighted by molar-refractivity contribution is 0.415. The summed E-state index contributed by atoms with van der Waals surface area (Å²) in [6.07, 6.45) is 7.34. The van der Waals surface area contributed by atoms with E-state index in [1.54, 1.807) is 19.5 Å². The summed E-state index contributed by atoms with van der Waals surface area (Å²) in [5.41, 5.74) is 3.79. The van der Waals surface area contributed by atoms with Crippen LogP contribution in [-0.2, 0) is 0 Å². The molecule has 3 aromatic heterocycles. The predicted molar refractivity (Wildman–Crippen MR) is 97.7 cm³/mol. The van der Waals surface area contributed by atoms with Crippen molar-refractivity contribution in [1.82, 2.24) is 19.5 Å². The number of hydrogen-bond donors (Lipinski definition) is 1. The van der Waals surface area contributed by atoms with Gasteiger partial charge in [0.05, 0.1) is 19.0 Å². The highest BCUT2D eigenvalue weighted by Gasteiger charge is 2.09. The number of benzene rings is 1. The van der Waals surface area contributed by atoms with Crippen LogP contribution in [0.5, 0.6) is 5.75 Å². The molecule has 0 saturated carbocycles. The second kappa shape index (κ2) is 6.24. The first-order chi connectivity index (χ1) is 12.2. The summed E-state index contributed by atoms with van der Waals surface area (Å²) >= 11 is 0. The van der Waals surface area contributed by atoms with Gasteiger partial charge in [-0.05, 0) is 36.8 Å². The minimum Gasteiger partial charge on any atom is -0.497 e. The van der Waals surface area contributed by atoms with E-state index in [0.717, 1.165) is 33.7 Å². The first kappa shape index (κ1) is 15.1. The van der Waals surface area contributed by atoms with Gasteiger partial charge < -0.3 is 10.1 Å². The number of rotatable bonds is 4. The Bertz CT molecular complexity index is 1030. The van der Waals surface area contributed by atoms with E-state index in [1.807, 2.05) is 60.3 Å². The van der Waals surface area contributed by atoms with Crippen LogP contribution in [0.2, 0.25) is 0 Å². The Labute approximate surface area is 145 Å². The number of fused-ring (bicyclic) bond motifs is 1. The number of aryl methyl sites for hydroxylation is 1. The van der Waals surface area contributed by atoms with Gasteiger partial charge >= 0.3 is 0 Å².